The summed E-state index contributed by atoms with van der Waals surface area (Å²) in [5.74, 6) is 1.72. The van der Waals surface area contributed by atoms with Crippen molar-refractivity contribution >= 4 is 0 Å². The van der Waals surface area contributed by atoms with Crippen molar-refractivity contribution in [3.8, 4) is 0 Å². The number of hydrogen-bond donors (Lipinski definition) is 1. The molecule has 2 saturated heterocycles. The summed E-state index contributed by atoms with van der Waals surface area (Å²) in [5, 5.41) is 3.64. The van der Waals surface area contributed by atoms with Crippen LogP contribution in [0.1, 0.15) is 20.3 Å². The van der Waals surface area contributed by atoms with Crippen molar-refractivity contribution in [2.45, 2.75) is 32.4 Å². The van der Waals surface area contributed by atoms with Gasteiger partial charge in [-0.15, -0.1) is 0 Å². The van der Waals surface area contributed by atoms with Gasteiger partial charge in [0.05, 0.1) is 0 Å². The van der Waals surface area contributed by atoms with Crippen molar-refractivity contribution in [1.29, 1.82) is 0 Å². The molecule has 0 saturated carbocycles. The average molecular weight is 168 g/mol. The highest BCUT2D eigenvalue weighted by molar-refractivity contribution is 5.01. The number of likely N-dealkylation sites (tertiary alicyclic amines) is 1. The minimum absolute atomic E-state index is 0.775. The van der Waals surface area contributed by atoms with Crippen LogP contribution < -0.4 is 5.32 Å². The second-order valence-corrected chi connectivity index (χ2v) is 4.70. The number of likely N-dealkylation sites (N-methyl/N-ethyl adjacent to an activating group) is 1. The fraction of sp³-hybridized carbons (Fsp3) is 1.00. The molecule has 2 heteroatoms. The Morgan fingerprint density at radius 2 is 2.17 bits per heavy atom. The summed E-state index contributed by atoms with van der Waals surface area (Å²) < 4.78 is 0. The molecule has 3 unspecified atom stereocenters. The molecule has 0 spiro atoms. The van der Waals surface area contributed by atoms with Gasteiger partial charge in [-0.2, -0.15) is 0 Å². The van der Waals surface area contributed by atoms with Crippen LogP contribution in [-0.4, -0.2) is 37.1 Å². The fourth-order valence-corrected chi connectivity index (χ4v) is 3.08. The maximum absolute atomic E-state index is 3.64. The third-order valence-electron chi connectivity index (χ3n) is 3.49. The molecular formula is C10H20N2. The summed E-state index contributed by atoms with van der Waals surface area (Å²) >= 11 is 0. The maximum Gasteiger partial charge on any atom is 0.0272 e. The zero-order chi connectivity index (χ0) is 8.72. The Kier molecular flexibility index (Phi) is 2.13. The second-order valence-electron chi connectivity index (χ2n) is 4.70. The van der Waals surface area contributed by atoms with Gasteiger partial charge in [-0.3, -0.25) is 0 Å². The molecule has 2 fully saturated rings. The molecule has 2 heterocycles. The molecule has 0 amide bonds. The molecule has 2 aliphatic heterocycles. The van der Waals surface area contributed by atoms with E-state index in [1.807, 2.05) is 0 Å². The van der Waals surface area contributed by atoms with Crippen LogP contribution in [0, 0.1) is 11.8 Å². The largest absolute Gasteiger partial charge is 0.312 e. The molecule has 0 aromatic heterocycles. The second kappa shape index (κ2) is 3.00. The van der Waals surface area contributed by atoms with Gasteiger partial charge in [0.1, 0.15) is 0 Å². The fourth-order valence-electron chi connectivity index (χ4n) is 3.08. The molecule has 2 aliphatic rings. The molecule has 0 aliphatic carbocycles. The first kappa shape index (κ1) is 8.52. The highest BCUT2D eigenvalue weighted by atomic mass is 15.2. The third-order valence-corrected chi connectivity index (χ3v) is 3.49. The third kappa shape index (κ3) is 1.17. The maximum atomic E-state index is 3.64. The Bertz CT molecular complexity index is 167. The zero-order valence-electron chi connectivity index (χ0n) is 8.38. The van der Waals surface area contributed by atoms with Crippen LogP contribution in [0.5, 0.6) is 0 Å². The summed E-state index contributed by atoms with van der Waals surface area (Å²) in [6.07, 6.45) is 1.39. The van der Waals surface area contributed by atoms with Crippen LogP contribution in [-0.2, 0) is 0 Å². The summed E-state index contributed by atoms with van der Waals surface area (Å²) in [4.78, 5) is 2.53. The van der Waals surface area contributed by atoms with Crippen LogP contribution in [0.25, 0.3) is 0 Å². The normalized spacial score (nSPS) is 42.5. The number of fused-ring (bicyclic) bond motifs is 1. The Morgan fingerprint density at radius 3 is 2.83 bits per heavy atom. The van der Waals surface area contributed by atoms with Gasteiger partial charge >= 0.3 is 0 Å². The molecule has 0 aromatic carbocycles. The number of nitrogens with zero attached hydrogens (tertiary/aromatic N) is 1. The van der Waals surface area contributed by atoms with Crippen molar-refractivity contribution in [2.24, 2.45) is 11.8 Å². The summed E-state index contributed by atoms with van der Waals surface area (Å²) in [6.45, 7) is 7.22. The Hall–Kier alpha value is -0.0800. The predicted molar refractivity (Wildman–Crippen MR) is 51.2 cm³/mol. The lowest BCUT2D eigenvalue weighted by molar-refractivity contribution is 0.224. The Balaban J connectivity index is 2.10. The average Bonchev–Trinajstić information content (AvgIpc) is 2.44. The molecule has 2 nitrogen and oxygen atoms in total. The summed E-state index contributed by atoms with van der Waals surface area (Å²) in [7, 11) is 2.27. The molecule has 12 heavy (non-hydrogen) atoms. The van der Waals surface area contributed by atoms with E-state index in [0.29, 0.717) is 0 Å². The highest BCUT2D eigenvalue weighted by Crippen LogP contribution is 2.32. The van der Waals surface area contributed by atoms with Gasteiger partial charge in [0.15, 0.2) is 0 Å². The first-order chi connectivity index (χ1) is 5.70. The number of hydrogen-bond acceptors (Lipinski definition) is 2. The monoisotopic (exact) mass is 168 g/mol. The lowest BCUT2D eigenvalue weighted by Gasteiger charge is -2.28. The van der Waals surface area contributed by atoms with E-state index in [0.717, 1.165) is 23.9 Å². The van der Waals surface area contributed by atoms with E-state index >= 15 is 0 Å². The van der Waals surface area contributed by atoms with E-state index in [2.05, 4.69) is 31.1 Å². The minimum atomic E-state index is 0.775. The predicted octanol–water partition coefficient (Wildman–Crippen LogP) is 0.935. The smallest absolute Gasteiger partial charge is 0.0272 e. The van der Waals surface area contributed by atoms with E-state index in [9.17, 15) is 0 Å². The van der Waals surface area contributed by atoms with Gasteiger partial charge in [-0.05, 0) is 31.8 Å². The summed E-state index contributed by atoms with van der Waals surface area (Å²) in [6, 6.07) is 1.56. The number of rotatable bonds is 1. The van der Waals surface area contributed by atoms with Crippen molar-refractivity contribution in [2.75, 3.05) is 20.1 Å². The van der Waals surface area contributed by atoms with Gasteiger partial charge < -0.3 is 10.2 Å². The van der Waals surface area contributed by atoms with E-state index in [1.165, 1.54) is 19.5 Å². The first-order valence-corrected chi connectivity index (χ1v) is 5.14. The molecule has 0 bridgehead atoms. The minimum Gasteiger partial charge on any atom is -0.312 e. The van der Waals surface area contributed by atoms with Gasteiger partial charge in [0.25, 0.3) is 0 Å². The van der Waals surface area contributed by atoms with E-state index in [-0.39, 0.29) is 0 Å². The Labute approximate surface area is 75.3 Å². The van der Waals surface area contributed by atoms with Crippen molar-refractivity contribution in [3.63, 3.8) is 0 Å². The lowest BCUT2D eigenvalue weighted by atomic mass is 9.93. The van der Waals surface area contributed by atoms with E-state index in [4.69, 9.17) is 0 Å². The molecular weight excluding hydrogens is 148 g/mol. The van der Waals surface area contributed by atoms with Crippen LogP contribution >= 0.6 is 0 Å². The van der Waals surface area contributed by atoms with Gasteiger partial charge in [-0.25, -0.2) is 0 Å². The summed E-state index contributed by atoms with van der Waals surface area (Å²) in [5.41, 5.74) is 0. The van der Waals surface area contributed by atoms with Crippen LogP contribution in [0.15, 0.2) is 0 Å². The molecule has 0 aromatic rings. The first-order valence-electron chi connectivity index (χ1n) is 5.14. The topological polar surface area (TPSA) is 15.3 Å². The lowest BCUT2D eigenvalue weighted by Crippen LogP contribution is -2.43. The molecule has 1 N–H and O–H groups in total. The Morgan fingerprint density at radius 1 is 1.42 bits per heavy atom. The van der Waals surface area contributed by atoms with Crippen LogP contribution in [0.4, 0.5) is 0 Å². The zero-order valence-corrected chi connectivity index (χ0v) is 8.38. The molecule has 0 radical (unpaired) electrons. The van der Waals surface area contributed by atoms with Gasteiger partial charge in [0, 0.05) is 18.6 Å². The SMILES string of the molecule is CC(C)C1C2NCCC2CN1C. The van der Waals surface area contributed by atoms with Crippen molar-refractivity contribution in [3.05, 3.63) is 0 Å². The quantitative estimate of drug-likeness (QED) is 0.627. The molecule has 2 rings (SSSR count). The van der Waals surface area contributed by atoms with Crippen LogP contribution in [0.2, 0.25) is 0 Å². The van der Waals surface area contributed by atoms with Gasteiger partial charge in [0.2, 0.25) is 0 Å². The van der Waals surface area contributed by atoms with Gasteiger partial charge in [-0.1, -0.05) is 13.8 Å². The van der Waals surface area contributed by atoms with Crippen LogP contribution in [0.3, 0.4) is 0 Å². The highest BCUT2D eigenvalue weighted by Gasteiger charge is 2.43. The van der Waals surface area contributed by atoms with E-state index < -0.39 is 0 Å². The molecule has 3 atom stereocenters. The van der Waals surface area contributed by atoms with Crippen molar-refractivity contribution in [1.82, 2.24) is 10.2 Å². The number of nitrogens with one attached hydrogen (secondary N) is 1. The standard InChI is InChI=1S/C10H20N2/c1-7(2)10-9-8(4-5-11-9)6-12(10)3/h7-11H,4-6H2,1-3H3. The molecule has 70 valence electrons. The van der Waals surface area contributed by atoms with E-state index in [1.54, 1.807) is 0 Å². The van der Waals surface area contributed by atoms with Crippen molar-refractivity contribution < 1.29 is 0 Å².